The van der Waals surface area contributed by atoms with Crippen molar-refractivity contribution >= 4 is 18.3 Å². The van der Waals surface area contributed by atoms with E-state index >= 15 is 0 Å². The molecule has 2 fully saturated rings. The van der Waals surface area contributed by atoms with Crippen molar-refractivity contribution in [1.29, 1.82) is 0 Å². The lowest BCUT2D eigenvalue weighted by molar-refractivity contribution is 0.0706. The van der Waals surface area contributed by atoms with Crippen LogP contribution in [-0.4, -0.2) is 41.1 Å². The van der Waals surface area contributed by atoms with Crippen molar-refractivity contribution in [2.75, 3.05) is 13.1 Å². The summed E-state index contributed by atoms with van der Waals surface area (Å²) in [6, 6.07) is 2.75. The van der Waals surface area contributed by atoms with Crippen LogP contribution >= 0.6 is 12.4 Å². The molecule has 1 amide bonds. The average molecular weight is 272 g/mol. The SMILES string of the molecule is Cc1cc(C(=O)N2CCC3CCC(C2)N3)on1.Cl. The van der Waals surface area contributed by atoms with Crippen LogP contribution in [0, 0.1) is 6.92 Å². The number of aryl methyl sites for hydroxylation is 1. The largest absolute Gasteiger partial charge is 0.351 e. The van der Waals surface area contributed by atoms with Crippen LogP contribution in [-0.2, 0) is 0 Å². The van der Waals surface area contributed by atoms with E-state index in [1.807, 2.05) is 11.8 Å². The molecular weight excluding hydrogens is 254 g/mol. The minimum absolute atomic E-state index is 0. The molecule has 2 unspecified atom stereocenters. The molecule has 18 heavy (non-hydrogen) atoms. The van der Waals surface area contributed by atoms with E-state index in [-0.39, 0.29) is 18.3 Å². The lowest BCUT2D eigenvalue weighted by Gasteiger charge is -2.22. The zero-order valence-corrected chi connectivity index (χ0v) is 11.2. The summed E-state index contributed by atoms with van der Waals surface area (Å²) in [7, 11) is 0. The second-order valence-corrected chi connectivity index (χ2v) is 5.01. The number of fused-ring (bicyclic) bond motifs is 2. The molecule has 0 spiro atoms. The van der Waals surface area contributed by atoms with E-state index in [0.29, 0.717) is 17.8 Å². The molecule has 2 aliphatic heterocycles. The minimum Gasteiger partial charge on any atom is -0.351 e. The van der Waals surface area contributed by atoms with E-state index in [9.17, 15) is 4.79 Å². The normalized spacial score (nSPS) is 26.6. The van der Waals surface area contributed by atoms with Crippen LogP contribution in [0.1, 0.15) is 35.5 Å². The van der Waals surface area contributed by atoms with Crippen LogP contribution in [0.3, 0.4) is 0 Å². The molecule has 0 aliphatic carbocycles. The van der Waals surface area contributed by atoms with Crippen molar-refractivity contribution in [2.24, 2.45) is 0 Å². The van der Waals surface area contributed by atoms with Gasteiger partial charge in [0.15, 0.2) is 0 Å². The summed E-state index contributed by atoms with van der Waals surface area (Å²) in [5, 5.41) is 7.32. The zero-order valence-electron chi connectivity index (χ0n) is 10.4. The molecule has 2 bridgehead atoms. The van der Waals surface area contributed by atoms with Crippen molar-refractivity contribution in [1.82, 2.24) is 15.4 Å². The number of hydrogen-bond acceptors (Lipinski definition) is 4. The number of aromatic nitrogens is 1. The van der Waals surface area contributed by atoms with Gasteiger partial charge in [-0.05, 0) is 26.2 Å². The molecule has 1 N–H and O–H groups in total. The van der Waals surface area contributed by atoms with Crippen LogP contribution in [0.4, 0.5) is 0 Å². The Labute approximate surface area is 112 Å². The number of likely N-dealkylation sites (tertiary alicyclic amines) is 1. The first-order chi connectivity index (χ1) is 8.22. The molecule has 0 aromatic carbocycles. The molecule has 0 radical (unpaired) electrons. The Kier molecular flexibility index (Phi) is 3.92. The molecule has 2 atom stereocenters. The maximum atomic E-state index is 12.2. The number of carbonyl (C=O) groups excluding carboxylic acids is 1. The first-order valence-corrected chi connectivity index (χ1v) is 6.21. The number of nitrogens with zero attached hydrogens (tertiary/aromatic N) is 2. The van der Waals surface area contributed by atoms with Crippen molar-refractivity contribution in [2.45, 2.75) is 38.3 Å². The highest BCUT2D eigenvalue weighted by Crippen LogP contribution is 2.21. The first-order valence-electron chi connectivity index (χ1n) is 6.21. The van der Waals surface area contributed by atoms with Gasteiger partial charge in [0, 0.05) is 31.2 Å². The molecule has 1 aromatic rings. The fraction of sp³-hybridized carbons (Fsp3) is 0.667. The van der Waals surface area contributed by atoms with Gasteiger partial charge in [0.2, 0.25) is 5.76 Å². The van der Waals surface area contributed by atoms with E-state index in [2.05, 4.69) is 10.5 Å². The summed E-state index contributed by atoms with van der Waals surface area (Å²) in [6.45, 7) is 3.42. The predicted molar refractivity (Wildman–Crippen MR) is 69.0 cm³/mol. The summed E-state index contributed by atoms with van der Waals surface area (Å²) in [4.78, 5) is 14.1. The summed E-state index contributed by atoms with van der Waals surface area (Å²) in [5.41, 5.74) is 0.753. The van der Waals surface area contributed by atoms with Gasteiger partial charge in [-0.1, -0.05) is 5.16 Å². The van der Waals surface area contributed by atoms with Gasteiger partial charge in [0.1, 0.15) is 0 Å². The van der Waals surface area contributed by atoms with Gasteiger partial charge in [0.25, 0.3) is 5.91 Å². The minimum atomic E-state index is -0.0278. The molecule has 0 saturated carbocycles. The third kappa shape index (κ3) is 2.52. The fourth-order valence-corrected chi connectivity index (χ4v) is 2.75. The number of halogens is 1. The monoisotopic (exact) mass is 271 g/mol. The maximum absolute atomic E-state index is 12.2. The number of rotatable bonds is 1. The van der Waals surface area contributed by atoms with Crippen molar-refractivity contribution in [3.8, 4) is 0 Å². The molecule has 2 aliphatic rings. The molecule has 6 heteroatoms. The van der Waals surface area contributed by atoms with Gasteiger partial charge >= 0.3 is 0 Å². The van der Waals surface area contributed by atoms with Gasteiger partial charge in [-0.3, -0.25) is 4.79 Å². The second-order valence-electron chi connectivity index (χ2n) is 5.01. The lowest BCUT2D eigenvalue weighted by atomic mass is 10.1. The second kappa shape index (κ2) is 5.28. The van der Waals surface area contributed by atoms with Gasteiger partial charge in [-0.25, -0.2) is 0 Å². The maximum Gasteiger partial charge on any atom is 0.292 e. The Morgan fingerprint density at radius 2 is 2.22 bits per heavy atom. The average Bonchev–Trinajstić information content (AvgIpc) is 2.84. The van der Waals surface area contributed by atoms with Gasteiger partial charge in [0.05, 0.1) is 5.69 Å². The Balaban J connectivity index is 0.00000120. The van der Waals surface area contributed by atoms with Gasteiger partial charge < -0.3 is 14.7 Å². The van der Waals surface area contributed by atoms with Crippen molar-refractivity contribution in [3.63, 3.8) is 0 Å². The molecule has 3 heterocycles. The summed E-state index contributed by atoms with van der Waals surface area (Å²) >= 11 is 0. The predicted octanol–water partition coefficient (Wildman–Crippen LogP) is 1.37. The topological polar surface area (TPSA) is 58.4 Å². The summed E-state index contributed by atoms with van der Waals surface area (Å²) in [6.07, 6.45) is 3.45. The lowest BCUT2D eigenvalue weighted by Crippen LogP contribution is -2.38. The van der Waals surface area contributed by atoms with E-state index in [1.54, 1.807) is 6.07 Å². The summed E-state index contributed by atoms with van der Waals surface area (Å²) < 4.78 is 5.04. The van der Waals surface area contributed by atoms with E-state index in [0.717, 1.165) is 25.2 Å². The van der Waals surface area contributed by atoms with E-state index in [4.69, 9.17) is 4.52 Å². The first kappa shape index (κ1) is 13.4. The highest BCUT2D eigenvalue weighted by molar-refractivity contribution is 5.91. The molecule has 100 valence electrons. The number of hydrogen-bond donors (Lipinski definition) is 1. The Hall–Kier alpha value is -1.07. The Morgan fingerprint density at radius 3 is 2.94 bits per heavy atom. The zero-order chi connectivity index (χ0) is 11.8. The van der Waals surface area contributed by atoms with Crippen molar-refractivity contribution < 1.29 is 9.32 Å². The number of nitrogens with one attached hydrogen (secondary N) is 1. The van der Waals surface area contributed by atoms with E-state index < -0.39 is 0 Å². The highest BCUT2D eigenvalue weighted by atomic mass is 35.5. The van der Waals surface area contributed by atoms with Crippen LogP contribution in [0.5, 0.6) is 0 Å². The molecular formula is C12H18ClN3O2. The third-order valence-corrected chi connectivity index (χ3v) is 3.65. The van der Waals surface area contributed by atoms with Crippen LogP contribution < -0.4 is 5.32 Å². The Morgan fingerprint density at radius 1 is 1.44 bits per heavy atom. The van der Waals surface area contributed by atoms with Crippen molar-refractivity contribution in [3.05, 3.63) is 17.5 Å². The van der Waals surface area contributed by atoms with Crippen LogP contribution in [0.25, 0.3) is 0 Å². The fourth-order valence-electron chi connectivity index (χ4n) is 2.75. The quantitative estimate of drug-likeness (QED) is 0.838. The molecule has 2 saturated heterocycles. The molecule has 3 rings (SSSR count). The smallest absolute Gasteiger partial charge is 0.292 e. The van der Waals surface area contributed by atoms with Gasteiger partial charge in [-0.15, -0.1) is 12.4 Å². The third-order valence-electron chi connectivity index (χ3n) is 3.65. The van der Waals surface area contributed by atoms with Crippen LogP contribution in [0.15, 0.2) is 10.6 Å². The standard InChI is InChI=1S/C12H17N3O2.ClH/c1-8-6-11(17-14-8)12(16)15-5-4-9-2-3-10(7-15)13-9;/h6,9-10,13H,2-5,7H2,1H3;1H. The van der Waals surface area contributed by atoms with Gasteiger partial charge in [-0.2, -0.15) is 0 Å². The highest BCUT2D eigenvalue weighted by Gasteiger charge is 2.32. The molecule has 1 aromatic heterocycles. The molecule has 5 nitrogen and oxygen atoms in total. The Bertz CT molecular complexity index is 435. The van der Waals surface area contributed by atoms with Crippen LogP contribution in [0.2, 0.25) is 0 Å². The van der Waals surface area contributed by atoms with E-state index in [1.165, 1.54) is 12.8 Å². The number of amides is 1. The number of carbonyl (C=O) groups is 1. The summed E-state index contributed by atoms with van der Waals surface area (Å²) in [5.74, 6) is 0.334.